The molecule has 0 radical (unpaired) electrons. The Kier molecular flexibility index (Phi) is 7.43. The first kappa shape index (κ1) is 26.1. The van der Waals surface area contributed by atoms with Gasteiger partial charge in [-0.15, -0.1) is 13.2 Å². The summed E-state index contributed by atoms with van der Waals surface area (Å²) in [6.45, 7) is -0.424. The number of ether oxygens (including phenoxy) is 2. The van der Waals surface area contributed by atoms with Crippen molar-refractivity contribution in [3.8, 4) is 17.4 Å². The summed E-state index contributed by atoms with van der Waals surface area (Å²) < 4.78 is 87.4. The van der Waals surface area contributed by atoms with Crippen molar-refractivity contribution in [1.82, 2.24) is 14.1 Å². The van der Waals surface area contributed by atoms with Crippen molar-refractivity contribution >= 4 is 11.0 Å². The second kappa shape index (κ2) is 9.98. The van der Waals surface area contributed by atoms with Gasteiger partial charge in [-0.3, -0.25) is 13.9 Å². The average Bonchev–Trinajstić information content (AvgIpc) is 2.75. The van der Waals surface area contributed by atoms with Gasteiger partial charge in [0.05, 0.1) is 5.39 Å². The molecule has 0 aliphatic rings. The highest BCUT2D eigenvalue weighted by Crippen LogP contribution is 2.32. The maximum atomic E-state index is 12.9. The third-order valence-corrected chi connectivity index (χ3v) is 4.82. The molecule has 0 atom stereocenters. The summed E-state index contributed by atoms with van der Waals surface area (Å²) >= 11 is 0. The quantitative estimate of drug-likeness (QED) is 0.468. The molecule has 14 heteroatoms. The Morgan fingerprint density at radius 2 is 1.74 bits per heavy atom. The number of aliphatic hydroxyl groups is 1. The Balaban J connectivity index is 2.14. The molecule has 0 unspecified atom stereocenters. The van der Waals surface area contributed by atoms with E-state index in [9.17, 15) is 35.9 Å². The van der Waals surface area contributed by atoms with E-state index in [1.807, 2.05) is 0 Å². The third kappa shape index (κ3) is 6.53. The fraction of sp³-hybridized carbons (Fsp3) is 0.381. The van der Waals surface area contributed by atoms with Gasteiger partial charge in [0.1, 0.15) is 11.5 Å². The molecule has 2 heterocycles. The molecular weight excluding hydrogens is 488 g/mol. The number of rotatable bonds is 8. The molecule has 35 heavy (non-hydrogen) atoms. The third-order valence-electron chi connectivity index (χ3n) is 4.82. The normalized spacial score (nSPS) is 12.2. The van der Waals surface area contributed by atoms with E-state index in [2.05, 4.69) is 9.72 Å². The minimum absolute atomic E-state index is 0.0898. The maximum absolute atomic E-state index is 12.9. The molecule has 0 aliphatic carbocycles. The molecule has 0 saturated heterocycles. The number of nitrogens with zero attached hydrogens (tertiary/aromatic N) is 3. The van der Waals surface area contributed by atoms with Crippen molar-refractivity contribution in [2.75, 3.05) is 6.61 Å². The van der Waals surface area contributed by atoms with Crippen molar-refractivity contribution in [1.29, 1.82) is 0 Å². The van der Waals surface area contributed by atoms with Crippen LogP contribution in [-0.4, -0.2) is 38.4 Å². The van der Waals surface area contributed by atoms with Crippen LogP contribution in [0.2, 0.25) is 0 Å². The first-order valence-corrected chi connectivity index (χ1v) is 10.1. The minimum atomic E-state index is -4.98. The number of aliphatic hydroxyl groups excluding tert-OH is 1. The number of pyridine rings is 1. The molecule has 1 aromatic carbocycles. The zero-order valence-corrected chi connectivity index (χ0v) is 18.1. The standard InChI is InChI=1S/C21H19F6N3O5/c1-29-16-15(18(32)30(19(29)33)8-3-9-31)10-12(6-7-20(22,23)24)17(28-16)34-13-4-2-5-14(11-13)35-21(25,26)27/h2,4-5,10-11,31H,3,6-9H2,1H3. The molecule has 0 spiro atoms. The molecule has 0 aliphatic heterocycles. The zero-order chi connectivity index (χ0) is 26.0. The largest absolute Gasteiger partial charge is 0.573 e. The summed E-state index contributed by atoms with van der Waals surface area (Å²) in [5.74, 6) is -1.28. The van der Waals surface area contributed by atoms with E-state index in [1.54, 1.807) is 0 Å². The van der Waals surface area contributed by atoms with Gasteiger partial charge in [-0.1, -0.05) is 6.07 Å². The lowest BCUT2D eigenvalue weighted by Crippen LogP contribution is -2.39. The van der Waals surface area contributed by atoms with Crippen LogP contribution in [0.1, 0.15) is 18.4 Å². The van der Waals surface area contributed by atoms with E-state index >= 15 is 0 Å². The van der Waals surface area contributed by atoms with Crippen molar-refractivity contribution in [2.45, 2.75) is 38.3 Å². The summed E-state index contributed by atoms with van der Waals surface area (Å²) in [5.41, 5.74) is -1.95. The van der Waals surface area contributed by atoms with Crippen molar-refractivity contribution in [2.24, 2.45) is 7.05 Å². The lowest BCUT2D eigenvalue weighted by Gasteiger charge is -2.16. The van der Waals surface area contributed by atoms with Crippen molar-refractivity contribution in [3.63, 3.8) is 0 Å². The van der Waals surface area contributed by atoms with Gasteiger partial charge in [0.25, 0.3) is 5.56 Å². The first-order valence-electron chi connectivity index (χ1n) is 10.1. The lowest BCUT2D eigenvalue weighted by molar-refractivity contribution is -0.274. The number of alkyl halides is 6. The van der Waals surface area contributed by atoms with Gasteiger partial charge in [-0.2, -0.15) is 18.2 Å². The summed E-state index contributed by atoms with van der Waals surface area (Å²) in [6, 6.07) is 5.36. The summed E-state index contributed by atoms with van der Waals surface area (Å²) in [6.07, 6.45) is -11.4. The van der Waals surface area contributed by atoms with Crippen LogP contribution >= 0.6 is 0 Å². The fourth-order valence-electron chi connectivity index (χ4n) is 3.26. The Bertz CT molecular complexity index is 1330. The molecule has 0 amide bonds. The molecule has 2 aromatic heterocycles. The maximum Gasteiger partial charge on any atom is 0.573 e. The van der Waals surface area contributed by atoms with Gasteiger partial charge in [-0.25, -0.2) is 4.79 Å². The molecule has 3 aromatic rings. The Hall–Kier alpha value is -3.55. The molecule has 0 bridgehead atoms. The summed E-state index contributed by atoms with van der Waals surface area (Å²) in [5, 5.41) is 8.85. The van der Waals surface area contributed by atoms with Crippen molar-refractivity contribution in [3.05, 3.63) is 56.7 Å². The molecule has 8 nitrogen and oxygen atoms in total. The predicted octanol–water partition coefficient (Wildman–Crippen LogP) is 3.66. The van der Waals surface area contributed by atoms with Crippen LogP contribution in [-0.2, 0) is 20.0 Å². The monoisotopic (exact) mass is 507 g/mol. The van der Waals surface area contributed by atoms with Crippen LogP contribution in [0.15, 0.2) is 39.9 Å². The first-order chi connectivity index (χ1) is 16.3. The summed E-state index contributed by atoms with van der Waals surface area (Å²) in [7, 11) is 1.28. The Labute approximate surface area is 193 Å². The van der Waals surface area contributed by atoms with Crippen LogP contribution in [0, 0.1) is 0 Å². The average molecular weight is 507 g/mol. The highest BCUT2D eigenvalue weighted by molar-refractivity contribution is 5.76. The zero-order valence-electron chi connectivity index (χ0n) is 18.1. The van der Waals surface area contributed by atoms with E-state index in [-0.39, 0.29) is 41.9 Å². The topological polar surface area (TPSA) is 95.6 Å². The lowest BCUT2D eigenvalue weighted by atomic mass is 10.1. The van der Waals surface area contributed by atoms with Gasteiger partial charge in [0.15, 0.2) is 5.65 Å². The van der Waals surface area contributed by atoms with E-state index in [0.717, 1.165) is 27.3 Å². The van der Waals surface area contributed by atoms with E-state index < -0.39 is 48.3 Å². The minimum Gasteiger partial charge on any atom is -0.439 e. The van der Waals surface area contributed by atoms with E-state index in [1.165, 1.54) is 19.2 Å². The number of benzene rings is 1. The number of hydrogen-bond acceptors (Lipinski definition) is 6. The number of aromatic nitrogens is 3. The molecule has 3 rings (SSSR count). The summed E-state index contributed by atoms with van der Waals surface area (Å²) in [4.78, 5) is 29.5. The molecule has 1 N–H and O–H groups in total. The second-order valence-electron chi connectivity index (χ2n) is 7.44. The van der Waals surface area contributed by atoms with Crippen LogP contribution < -0.4 is 20.7 Å². The highest BCUT2D eigenvalue weighted by Gasteiger charge is 2.31. The number of hydrogen-bond donors (Lipinski definition) is 1. The van der Waals surface area contributed by atoms with Gasteiger partial charge in [0.2, 0.25) is 5.88 Å². The number of halogens is 6. The second-order valence-corrected chi connectivity index (χ2v) is 7.44. The fourth-order valence-corrected chi connectivity index (χ4v) is 3.26. The number of fused-ring (bicyclic) bond motifs is 1. The van der Waals surface area contributed by atoms with Gasteiger partial charge in [-0.05, 0) is 31.0 Å². The van der Waals surface area contributed by atoms with Gasteiger partial charge < -0.3 is 14.6 Å². The van der Waals surface area contributed by atoms with E-state index in [0.29, 0.717) is 0 Å². The van der Waals surface area contributed by atoms with Gasteiger partial charge in [0, 0.05) is 38.2 Å². The molecular formula is C21H19F6N3O5. The van der Waals surface area contributed by atoms with Crippen LogP contribution in [0.3, 0.4) is 0 Å². The van der Waals surface area contributed by atoms with Crippen LogP contribution in [0.5, 0.6) is 17.4 Å². The van der Waals surface area contributed by atoms with Crippen LogP contribution in [0.25, 0.3) is 11.0 Å². The SMILES string of the molecule is Cn1c(=O)n(CCCO)c(=O)c2cc(CCC(F)(F)F)c(Oc3cccc(OC(F)(F)F)c3)nc21. The van der Waals surface area contributed by atoms with E-state index in [4.69, 9.17) is 9.84 Å². The molecule has 190 valence electrons. The Morgan fingerprint density at radius 1 is 1.06 bits per heavy atom. The highest BCUT2D eigenvalue weighted by atomic mass is 19.4. The predicted molar refractivity (Wildman–Crippen MR) is 111 cm³/mol. The smallest absolute Gasteiger partial charge is 0.439 e. The number of aryl methyl sites for hydroxylation is 2. The molecule has 0 fully saturated rings. The Morgan fingerprint density at radius 3 is 2.37 bits per heavy atom. The molecule has 0 saturated carbocycles. The van der Waals surface area contributed by atoms with Crippen molar-refractivity contribution < 1.29 is 40.9 Å². The van der Waals surface area contributed by atoms with Crippen LogP contribution in [0.4, 0.5) is 26.3 Å². The van der Waals surface area contributed by atoms with Gasteiger partial charge >= 0.3 is 18.2 Å².